The van der Waals surface area contributed by atoms with Crippen molar-refractivity contribution in [2.75, 3.05) is 0 Å². The van der Waals surface area contributed by atoms with Gasteiger partial charge in [-0.15, -0.1) is 9.24 Å². The van der Waals surface area contributed by atoms with Gasteiger partial charge in [-0.25, -0.2) is 0 Å². The van der Waals surface area contributed by atoms with Gasteiger partial charge in [-0.1, -0.05) is 78.9 Å². The fraction of sp³-hybridized carbons (Fsp3) is 0. The van der Waals surface area contributed by atoms with Gasteiger partial charge in [0.25, 0.3) is 0 Å². The number of hydrogen-bond acceptors (Lipinski definition) is 0. The Morgan fingerprint density at radius 1 is 0.591 bits per heavy atom. The third-order valence-electron chi connectivity index (χ3n) is 3.26. The second kappa shape index (κ2) is 9.47. The topological polar surface area (TPSA) is 0 Å². The molecule has 0 bridgehead atoms. The zero-order valence-electron chi connectivity index (χ0n) is 11.7. The molecule has 116 valence electrons. The Labute approximate surface area is 150 Å². The fourth-order valence-electron chi connectivity index (χ4n) is 2.33. The molecule has 0 radical (unpaired) electrons. The van der Waals surface area contributed by atoms with E-state index in [1.807, 2.05) is 0 Å². The van der Waals surface area contributed by atoms with Crippen LogP contribution in [0.4, 0.5) is 0 Å². The van der Waals surface area contributed by atoms with Gasteiger partial charge in [-0.05, 0) is 27.6 Å². The van der Waals surface area contributed by atoms with Gasteiger partial charge in [-0.2, -0.15) is 0 Å². The van der Waals surface area contributed by atoms with Gasteiger partial charge < -0.3 is 0 Å². The molecule has 0 N–H and O–H groups in total. The first kappa shape index (κ1) is 17.7. The normalized spacial score (nSPS) is 9.95. The molecule has 0 aliphatic heterocycles. The zero-order valence-corrected chi connectivity index (χ0v) is 15.9. The van der Waals surface area contributed by atoms with E-state index < -0.39 is 0 Å². The fourth-order valence-corrected chi connectivity index (χ4v) is 2.69. The van der Waals surface area contributed by atoms with E-state index >= 15 is 0 Å². The molecule has 0 aliphatic rings. The Balaban J connectivity index is 0.000000545. The summed E-state index contributed by atoms with van der Waals surface area (Å²) in [5, 5.41) is 1.23. The molecule has 0 aromatic heterocycles. The summed E-state index contributed by atoms with van der Waals surface area (Å²) in [4.78, 5) is 0. The summed E-state index contributed by atoms with van der Waals surface area (Å²) < 4.78 is 0. The SMILES string of the molecule is Pc1ccccc1-c1ccccc1-c1ccccc1.[Cl][Pd][Cl]. The van der Waals surface area contributed by atoms with Crippen molar-refractivity contribution < 1.29 is 15.9 Å². The van der Waals surface area contributed by atoms with Gasteiger partial charge in [0, 0.05) is 0 Å². The van der Waals surface area contributed by atoms with Crippen molar-refractivity contribution in [3.05, 3.63) is 78.9 Å². The molecule has 0 aliphatic carbocycles. The Kier molecular flexibility index (Phi) is 7.61. The van der Waals surface area contributed by atoms with Crippen LogP contribution in [-0.2, 0) is 15.9 Å². The van der Waals surface area contributed by atoms with Crippen LogP contribution in [-0.4, -0.2) is 0 Å². The second-order valence-electron chi connectivity index (χ2n) is 4.54. The zero-order chi connectivity index (χ0) is 15.8. The molecule has 0 nitrogen and oxygen atoms in total. The number of rotatable bonds is 2. The summed E-state index contributed by atoms with van der Waals surface area (Å²) in [5.41, 5.74) is 5.08. The van der Waals surface area contributed by atoms with E-state index in [4.69, 9.17) is 19.1 Å². The van der Waals surface area contributed by atoms with Gasteiger partial charge >= 0.3 is 35.0 Å². The predicted octanol–water partition coefficient (Wildman–Crippen LogP) is 5.90. The van der Waals surface area contributed by atoms with Crippen LogP contribution in [0, 0.1) is 0 Å². The van der Waals surface area contributed by atoms with E-state index in [2.05, 4.69) is 88.1 Å². The van der Waals surface area contributed by atoms with Crippen LogP contribution < -0.4 is 5.30 Å². The van der Waals surface area contributed by atoms with E-state index in [1.165, 1.54) is 27.6 Å². The molecular weight excluding hydrogens is 424 g/mol. The maximum absolute atomic E-state index is 4.81. The molecule has 3 aromatic rings. The van der Waals surface area contributed by atoms with Crippen LogP contribution in [0.5, 0.6) is 0 Å². The van der Waals surface area contributed by atoms with E-state index in [-0.39, 0.29) is 15.9 Å². The average molecular weight is 440 g/mol. The van der Waals surface area contributed by atoms with Crippen LogP contribution in [0.1, 0.15) is 0 Å². The maximum atomic E-state index is 4.81. The molecule has 3 rings (SSSR count). The number of benzene rings is 3. The Hall–Kier alpha value is -0.668. The summed E-state index contributed by atoms with van der Waals surface area (Å²) in [6.07, 6.45) is 0. The summed E-state index contributed by atoms with van der Waals surface area (Å²) in [7, 11) is 12.4. The van der Waals surface area contributed by atoms with E-state index in [0.717, 1.165) is 0 Å². The van der Waals surface area contributed by atoms with Crippen molar-refractivity contribution in [1.29, 1.82) is 0 Å². The third-order valence-corrected chi connectivity index (χ3v) is 3.77. The van der Waals surface area contributed by atoms with E-state index in [0.29, 0.717) is 0 Å². The number of halogens is 2. The average Bonchev–Trinajstić information content (AvgIpc) is 2.57. The molecule has 0 spiro atoms. The molecule has 0 fully saturated rings. The van der Waals surface area contributed by atoms with Gasteiger partial charge in [0.15, 0.2) is 0 Å². The van der Waals surface area contributed by atoms with Crippen LogP contribution >= 0.6 is 28.3 Å². The van der Waals surface area contributed by atoms with Gasteiger partial charge in [0.2, 0.25) is 0 Å². The monoisotopic (exact) mass is 438 g/mol. The van der Waals surface area contributed by atoms with Gasteiger partial charge in [-0.3, -0.25) is 0 Å². The number of hydrogen-bond donors (Lipinski definition) is 0. The summed E-state index contributed by atoms with van der Waals surface area (Å²) in [6, 6.07) is 27.5. The molecule has 0 heterocycles. The second-order valence-corrected chi connectivity index (χ2v) is 7.53. The third kappa shape index (κ3) is 4.66. The Bertz CT molecular complexity index is 717. The quantitative estimate of drug-likeness (QED) is 0.345. The van der Waals surface area contributed by atoms with E-state index in [1.54, 1.807) is 0 Å². The Morgan fingerprint density at radius 2 is 1.05 bits per heavy atom. The van der Waals surface area contributed by atoms with Crippen LogP contribution in [0.25, 0.3) is 22.3 Å². The van der Waals surface area contributed by atoms with Crippen molar-refractivity contribution >= 4 is 33.6 Å². The molecule has 3 aromatic carbocycles. The van der Waals surface area contributed by atoms with Crippen molar-refractivity contribution in [3.63, 3.8) is 0 Å². The van der Waals surface area contributed by atoms with Crippen molar-refractivity contribution in [2.45, 2.75) is 0 Å². The molecule has 1 unspecified atom stereocenters. The van der Waals surface area contributed by atoms with Gasteiger partial charge in [0.1, 0.15) is 0 Å². The molecule has 0 amide bonds. The first-order chi connectivity index (χ1) is 10.8. The first-order valence-corrected chi connectivity index (χ1v) is 11.2. The van der Waals surface area contributed by atoms with Crippen molar-refractivity contribution in [2.24, 2.45) is 0 Å². The summed E-state index contributed by atoms with van der Waals surface area (Å²) in [5.74, 6) is 0. The van der Waals surface area contributed by atoms with Crippen LogP contribution in [0.15, 0.2) is 78.9 Å². The standard InChI is InChI=1S/C18H15P.2ClH.Pd/c19-18-13-7-6-12-17(18)16-11-5-4-10-15(16)14-8-2-1-3-9-14;;;/h1-13H,19H2;2*1H;/q;;;+2/p-2. The predicted molar refractivity (Wildman–Crippen MR) is 98.4 cm³/mol. The van der Waals surface area contributed by atoms with E-state index in [9.17, 15) is 0 Å². The first-order valence-electron chi connectivity index (χ1n) is 6.59. The molecule has 4 heteroatoms. The molecule has 1 atom stereocenters. The van der Waals surface area contributed by atoms with Crippen molar-refractivity contribution in [3.8, 4) is 22.3 Å². The van der Waals surface area contributed by atoms with Crippen LogP contribution in [0.3, 0.4) is 0 Å². The van der Waals surface area contributed by atoms with Gasteiger partial charge in [0.05, 0.1) is 0 Å². The molecular formula is C18H15Cl2PPd. The Morgan fingerprint density at radius 3 is 1.64 bits per heavy atom. The molecule has 0 saturated carbocycles. The minimum atomic E-state index is -0.106. The van der Waals surface area contributed by atoms with Crippen molar-refractivity contribution in [1.82, 2.24) is 0 Å². The summed E-state index contributed by atoms with van der Waals surface area (Å²) in [6.45, 7) is 0. The minimum absolute atomic E-state index is 0.106. The van der Waals surface area contributed by atoms with Crippen LogP contribution in [0.2, 0.25) is 0 Å². The molecule has 22 heavy (non-hydrogen) atoms. The molecule has 0 saturated heterocycles. The summed E-state index contributed by atoms with van der Waals surface area (Å²) >= 11 is -0.106.